The zero-order valence-corrected chi connectivity index (χ0v) is 19.6. The Morgan fingerprint density at radius 3 is 2.15 bits per heavy atom. The average Bonchev–Trinajstić information content (AvgIpc) is 3.37. The molecule has 11 heteroatoms. The number of nitrogens with two attached hydrogens (primary N) is 1. The van der Waals surface area contributed by atoms with E-state index in [2.05, 4.69) is 36.2 Å². The predicted octanol–water partition coefficient (Wildman–Crippen LogP) is 1.47. The molecule has 0 saturated heterocycles. The van der Waals surface area contributed by atoms with Crippen molar-refractivity contribution in [1.29, 1.82) is 0 Å². The molecule has 186 valence electrons. The minimum Gasteiger partial charge on any atom is -0.377 e. The number of anilines is 3. The highest BCUT2D eigenvalue weighted by molar-refractivity contribution is 5.94. The molecule has 1 amide bonds. The lowest BCUT2D eigenvalue weighted by Crippen LogP contribution is -2.27. The van der Waals surface area contributed by atoms with Crippen LogP contribution in [-0.4, -0.2) is 79.5 Å². The van der Waals surface area contributed by atoms with E-state index in [0.717, 1.165) is 12.8 Å². The van der Waals surface area contributed by atoms with Gasteiger partial charge in [0.1, 0.15) is 0 Å². The fraction of sp³-hybridized carbons (Fsp3) is 0.565. The quantitative estimate of drug-likeness (QED) is 0.227. The molecule has 1 fully saturated rings. The smallest absolute Gasteiger partial charge is 0.251 e. The molecule has 1 aromatic heterocycles. The lowest BCUT2D eigenvalue weighted by molar-refractivity contribution is 0.0519. The van der Waals surface area contributed by atoms with Crippen molar-refractivity contribution < 1.29 is 14.3 Å². The fourth-order valence-electron chi connectivity index (χ4n) is 3.52. The lowest BCUT2D eigenvalue weighted by atomic mass is 10.2. The third-order valence-corrected chi connectivity index (χ3v) is 5.22. The van der Waals surface area contributed by atoms with Crippen LogP contribution in [0.4, 0.5) is 17.8 Å². The predicted molar refractivity (Wildman–Crippen MR) is 132 cm³/mol. The number of hydrogen-bond acceptors (Lipinski definition) is 10. The van der Waals surface area contributed by atoms with Crippen molar-refractivity contribution in [2.75, 3.05) is 68.6 Å². The Balaban J connectivity index is 1.27. The largest absolute Gasteiger partial charge is 0.377 e. The molecule has 0 bridgehead atoms. The van der Waals surface area contributed by atoms with E-state index in [0.29, 0.717) is 82.1 Å². The lowest BCUT2D eigenvalue weighted by Gasteiger charge is -2.14. The summed E-state index contributed by atoms with van der Waals surface area (Å²) in [5.74, 6) is 1.45. The normalized spacial score (nSPS) is 13.6. The van der Waals surface area contributed by atoms with Gasteiger partial charge in [-0.15, -0.1) is 0 Å². The highest BCUT2D eigenvalue weighted by atomic mass is 16.5. The molecule has 1 heterocycles. The summed E-state index contributed by atoms with van der Waals surface area (Å²) in [6.45, 7) is 3.92. The first-order chi connectivity index (χ1) is 16.7. The van der Waals surface area contributed by atoms with Crippen LogP contribution in [0.3, 0.4) is 0 Å². The number of hydrogen-bond donors (Lipinski definition) is 5. The van der Waals surface area contributed by atoms with Crippen LogP contribution in [0.5, 0.6) is 0 Å². The molecule has 1 aliphatic carbocycles. The van der Waals surface area contributed by atoms with Gasteiger partial charge in [-0.25, -0.2) is 0 Å². The molecule has 2 aromatic rings. The summed E-state index contributed by atoms with van der Waals surface area (Å²) in [6, 6.07) is 9.51. The molecule has 0 aliphatic heterocycles. The van der Waals surface area contributed by atoms with Crippen LogP contribution in [0.25, 0.3) is 0 Å². The van der Waals surface area contributed by atoms with Gasteiger partial charge in [0.25, 0.3) is 5.91 Å². The maximum Gasteiger partial charge on any atom is 0.251 e. The van der Waals surface area contributed by atoms with Crippen LogP contribution in [0.1, 0.15) is 36.0 Å². The zero-order chi connectivity index (χ0) is 23.8. The Morgan fingerprint density at radius 1 is 0.853 bits per heavy atom. The number of carbonyl (C=O) groups excluding carboxylic acids is 1. The van der Waals surface area contributed by atoms with Crippen molar-refractivity contribution in [3.63, 3.8) is 0 Å². The second-order valence-electron chi connectivity index (χ2n) is 7.92. The van der Waals surface area contributed by atoms with Gasteiger partial charge in [-0.2, -0.15) is 15.0 Å². The van der Waals surface area contributed by atoms with Gasteiger partial charge in [-0.1, -0.05) is 31.0 Å². The van der Waals surface area contributed by atoms with Gasteiger partial charge in [0.15, 0.2) is 0 Å². The number of benzene rings is 1. The van der Waals surface area contributed by atoms with Crippen LogP contribution >= 0.6 is 0 Å². The van der Waals surface area contributed by atoms with Crippen LogP contribution in [0.2, 0.25) is 0 Å². The molecule has 34 heavy (non-hydrogen) atoms. The van der Waals surface area contributed by atoms with Crippen LogP contribution in [-0.2, 0) is 9.47 Å². The number of nitrogens with one attached hydrogen (secondary N) is 4. The van der Waals surface area contributed by atoms with Crippen molar-refractivity contribution in [2.24, 2.45) is 5.73 Å². The zero-order valence-electron chi connectivity index (χ0n) is 19.6. The Morgan fingerprint density at radius 2 is 1.47 bits per heavy atom. The van der Waals surface area contributed by atoms with Crippen LogP contribution in [0.15, 0.2) is 30.3 Å². The maximum absolute atomic E-state index is 11.9. The molecule has 1 saturated carbocycles. The molecule has 1 aromatic carbocycles. The molecule has 11 nitrogen and oxygen atoms in total. The Kier molecular flexibility index (Phi) is 11.3. The van der Waals surface area contributed by atoms with Gasteiger partial charge >= 0.3 is 0 Å². The van der Waals surface area contributed by atoms with E-state index in [4.69, 9.17) is 15.2 Å². The summed E-state index contributed by atoms with van der Waals surface area (Å²) in [4.78, 5) is 25.2. The van der Waals surface area contributed by atoms with Crippen molar-refractivity contribution in [2.45, 2.75) is 31.7 Å². The van der Waals surface area contributed by atoms with Crippen molar-refractivity contribution >= 4 is 23.8 Å². The summed E-state index contributed by atoms with van der Waals surface area (Å²) in [5.41, 5.74) is 6.22. The van der Waals surface area contributed by atoms with Crippen LogP contribution < -0.4 is 27.0 Å². The summed E-state index contributed by atoms with van der Waals surface area (Å²) in [5, 5.41) is 12.5. The van der Waals surface area contributed by atoms with Gasteiger partial charge in [0.05, 0.1) is 26.4 Å². The molecule has 3 rings (SSSR count). The molecule has 1 aliphatic rings. The highest BCUT2D eigenvalue weighted by Crippen LogP contribution is 2.21. The summed E-state index contributed by atoms with van der Waals surface area (Å²) < 4.78 is 11.1. The summed E-state index contributed by atoms with van der Waals surface area (Å²) in [6.07, 6.45) is 4.73. The fourth-order valence-corrected chi connectivity index (χ4v) is 3.52. The average molecular weight is 473 g/mol. The Hall–Kier alpha value is -3.02. The number of aromatic nitrogens is 3. The Labute approximate surface area is 200 Å². The summed E-state index contributed by atoms with van der Waals surface area (Å²) >= 11 is 0. The van der Waals surface area contributed by atoms with E-state index >= 15 is 0 Å². The van der Waals surface area contributed by atoms with E-state index in [9.17, 15) is 4.79 Å². The van der Waals surface area contributed by atoms with Crippen molar-refractivity contribution in [1.82, 2.24) is 20.3 Å². The third kappa shape index (κ3) is 9.46. The maximum atomic E-state index is 11.9. The monoisotopic (exact) mass is 472 g/mol. The first-order valence-electron chi connectivity index (χ1n) is 11.9. The van der Waals surface area contributed by atoms with E-state index in [1.807, 2.05) is 18.2 Å². The van der Waals surface area contributed by atoms with E-state index in [-0.39, 0.29) is 5.91 Å². The minimum atomic E-state index is -0.104. The number of carbonyl (C=O) groups is 1. The molecule has 0 unspecified atom stereocenters. The number of amides is 1. The minimum absolute atomic E-state index is 0.104. The third-order valence-electron chi connectivity index (χ3n) is 5.22. The number of ether oxygens (including phenoxy) is 2. The molecule has 0 radical (unpaired) electrons. The molecule has 6 N–H and O–H groups in total. The van der Waals surface area contributed by atoms with Gasteiger partial charge in [0, 0.05) is 37.8 Å². The van der Waals surface area contributed by atoms with E-state index < -0.39 is 0 Å². The van der Waals surface area contributed by atoms with E-state index in [1.165, 1.54) is 12.8 Å². The van der Waals surface area contributed by atoms with Crippen molar-refractivity contribution in [3.8, 4) is 0 Å². The molecular formula is C23H36N8O3. The van der Waals surface area contributed by atoms with Gasteiger partial charge in [0.2, 0.25) is 17.8 Å². The second kappa shape index (κ2) is 15.0. The van der Waals surface area contributed by atoms with Gasteiger partial charge in [-0.05, 0) is 25.0 Å². The SMILES string of the molecule is NCCNc1nc(NCCOCCOCCNC(=O)c2ccccc2)nc(NC2CCCC2)n1. The Bertz CT molecular complexity index is 849. The molecule has 0 atom stereocenters. The number of nitrogens with zero attached hydrogens (tertiary/aromatic N) is 3. The van der Waals surface area contributed by atoms with Crippen molar-refractivity contribution in [3.05, 3.63) is 35.9 Å². The molecule has 0 spiro atoms. The van der Waals surface area contributed by atoms with E-state index in [1.54, 1.807) is 12.1 Å². The van der Waals surface area contributed by atoms with Crippen LogP contribution in [0, 0.1) is 0 Å². The van der Waals surface area contributed by atoms with Gasteiger partial charge < -0.3 is 36.5 Å². The molecular weight excluding hydrogens is 436 g/mol. The van der Waals surface area contributed by atoms with Gasteiger partial charge in [-0.3, -0.25) is 4.79 Å². The second-order valence-corrected chi connectivity index (χ2v) is 7.92. The first-order valence-corrected chi connectivity index (χ1v) is 11.9. The highest BCUT2D eigenvalue weighted by Gasteiger charge is 2.16. The number of rotatable bonds is 16. The standard InChI is InChI=1S/C23H36N8O3/c24-10-11-26-21-29-22(31-23(30-21)28-19-8-4-5-9-19)27-13-15-34-17-16-33-14-12-25-20(32)18-6-2-1-3-7-18/h1-3,6-7,19H,4-5,8-17,24H2,(H,25,32)(H3,26,27,28,29,30,31). The summed E-state index contributed by atoms with van der Waals surface area (Å²) in [7, 11) is 0. The first kappa shape index (κ1) is 25.6. The topological polar surface area (TPSA) is 148 Å².